The first-order chi connectivity index (χ1) is 7.13. The average Bonchev–Trinajstić information content (AvgIpc) is 2.21. The van der Waals surface area contributed by atoms with Crippen molar-refractivity contribution in [3.8, 4) is 0 Å². The van der Waals surface area contributed by atoms with Crippen LogP contribution in [0, 0.1) is 12.7 Å². The topological polar surface area (TPSA) is 38.4 Å². The number of rotatable bonds is 4. The molecule has 0 fully saturated rings. The van der Waals surface area contributed by atoms with Gasteiger partial charge in [0.2, 0.25) is 0 Å². The summed E-state index contributed by atoms with van der Waals surface area (Å²) < 4.78 is 12.8. The molecule has 0 radical (unpaired) electrons. The van der Waals surface area contributed by atoms with Crippen molar-refractivity contribution >= 4 is 5.84 Å². The van der Waals surface area contributed by atoms with Gasteiger partial charge in [0.15, 0.2) is 0 Å². The summed E-state index contributed by atoms with van der Waals surface area (Å²) in [5, 5.41) is 0. The standard InChI is InChI=1S/C12H17FN2/c1-3-12(14)15-7-6-10-4-5-11(13)8-9(10)2/h4-5,8H,3,6-7H2,1-2H3,(H2,14,15). The van der Waals surface area contributed by atoms with Gasteiger partial charge < -0.3 is 5.73 Å². The summed E-state index contributed by atoms with van der Waals surface area (Å²) in [5.41, 5.74) is 7.69. The summed E-state index contributed by atoms with van der Waals surface area (Å²) in [6.45, 7) is 4.55. The summed E-state index contributed by atoms with van der Waals surface area (Å²) >= 11 is 0. The lowest BCUT2D eigenvalue weighted by Crippen LogP contribution is -2.10. The van der Waals surface area contributed by atoms with Crippen LogP contribution in [0.5, 0.6) is 0 Å². The fraction of sp³-hybridized carbons (Fsp3) is 0.417. The summed E-state index contributed by atoms with van der Waals surface area (Å²) in [5.74, 6) is 0.489. The van der Waals surface area contributed by atoms with Gasteiger partial charge in [-0.2, -0.15) is 0 Å². The molecule has 1 aromatic carbocycles. The maximum atomic E-state index is 12.8. The summed E-state index contributed by atoms with van der Waals surface area (Å²) in [6, 6.07) is 4.83. The highest BCUT2D eigenvalue weighted by Crippen LogP contribution is 2.10. The van der Waals surface area contributed by atoms with Gasteiger partial charge >= 0.3 is 0 Å². The SMILES string of the molecule is CCC(N)=NCCc1ccc(F)cc1C. The van der Waals surface area contributed by atoms with Crippen LogP contribution in [-0.2, 0) is 6.42 Å². The third-order valence-electron chi connectivity index (χ3n) is 2.36. The van der Waals surface area contributed by atoms with Gasteiger partial charge in [-0.1, -0.05) is 13.0 Å². The number of aliphatic imine (C=N–C) groups is 1. The van der Waals surface area contributed by atoms with Crippen molar-refractivity contribution in [1.82, 2.24) is 0 Å². The third-order valence-corrected chi connectivity index (χ3v) is 2.36. The Labute approximate surface area is 90.0 Å². The molecule has 0 saturated carbocycles. The minimum absolute atomic E-state index is 0.187. The molecule has 0 aliphatic heterocycles. The Morgan fingerprint density at radius 1 is 1.47 bits per heavy atom. The number of hydrogen-bond acceptors (Lipinski definition) is 1. The van der Waals surface area contributed by atoms with Gasteiger partial charge in [0, 0.05) is 13.0 Å². The summed E-state index contributed by atoms with van der Waals surface area (Å²) in [4.78, 5) is 4.20. The van der Waals surface area contributed by atoms with Crippen LogP contribution in [0.1, 0.15) is 24.5 Å². The number of hydrogen-bond donors (Lipinski definition) is 1. The molecular formula is C12H17FN2. The highest BCUT2D eigenvalue weighted by molar-refractivity contribution is 5.79. The van der Waals surface area contributed by atoms with E-state index in [1.807, 2.05) is 19.9 Å². The van der Waals surface area contributed by atoms with E-state index in [1.165, 1.54) is 6.07 Å². The quantitative estimate of drug-likeness (QED) is 0.599. The van der Waals surface area contributed by atoms with E-state index in [0.29, 0.717) is 12.4 Å². The van der Waals surface area contributed by atoms with Crippen LogP contribution in [0.4, 0.5) is 4.39 Å². The normalized spacial score (nSPS) is 11.8. The third kappa shape index (κ3) is 3.70. The Morgan fingerprint density at radius 3 is 2.80 bits per heavy atom. The molecule has 0 heterocycles. The molecule has 0 spiro atoms. The predicted octanol–water partition coefficient (Wildman–Crippen LogP) is 2.44. The zero-order valence-corrected chi connectivity index (χ0v) is 9.26. The Balaban J connectivity index is 2.58. The van der Waals surface area contributed by atoms with Gasteiger partial charge in [-0.05, 0) is 36.6 Å². The van der Waals surface area contributed by atoms with E-state index in [4.69, 9.17) is 5.73 Å². The Hall–Kier alpha value is -1.38. The van der Waals surface area contributed by atoms with Crippen LogP contribution in [0.25, 0.3) is 0 Å². The first-order valence-electron chi connectivity index (χ1n) is 5.17. The first-order valence-corrected chi connectivity index (χ1v) is 5.17. The van der Waals surface area contributed by atoms with E-state index >= 15 is 0 Å². The van der Waals surface area contributed by atoms with Crippen molar-refractivity contribution < 1.29 is 4.39 Å². The second kappa shape index (κ2) is 5.49. The molecule has 2 N–H and O–H groups in total. The molecule has 0 bridgehead atoms. The molecule has 0 unspecified atom stereocenters. The van der Waals surface area contributed by atoms with E-state index in [0.717, 1.165) is 24.0 Å². The second-order valence-corrected chi connectivity index (χ2v) is 3.55. The van der Waals surface area contributed by atoms with E-state index < -0.39 is 0 Å². The van der Waals surface area contributed by atoms with Crippen molar-refractivity contribution in [3.63, 3.8) is 0 Å². The van der Waals surface area contributed by atoms with E-state index in [1.54, 1.807) is 6.07 Å². The van der Waals surface area contributed by atoms with E-state index in [-0.39, 0.29) is 5.82 Å². The second-order valence-electron chi connectivity index (χ2n) is 3.55. The smallest absolute Gasteiger partial charge is 0.123 e. The van der Waals surface area contributed by atoms with Crippen molar-refractivity contribution in [2.75, 3.05) is 6.54 Å². The molecule has 0 aliphatic carbocycles. The minimum atomic E-state index is -0.187. The highest BCUT2D eigenvalue weighted by atomic mass is 19.1. The monoisotopic (exact) mass is 208 g/mol. The zero-order chi connectivity index (χ0) is 11.3. The van der Waals surface area contributed by atoms with Crippen molar-refractivity contribution in [3.05, 3.63) is 35.1 Å². The lowest BCUT2D eigenvalue weighted by atomic mass is 10.1. The number of aryl methyl sites for hydroxylation is 1. The number of amidine groups is 1. The molecular weight excluding hydrogens is 191 g/mol. The van der Waals surface area contributed by atoms with Gasteiger partial charge in [0.25, 0.3) is 0 Å². The molecule has 0 aliphatic rings. The van der Waals surface area contributed by atoms with Crippen LogP contribution in [0.3, 0.4) is 0 Å². The Morgan fingerprint density at radius 2 is 2.20 bits per heavy atom. The van der Waals surface area contributed by atoms with Gasteiger partial charge in [-0.25, -0.2) is 4.39 Å². The molecule has 0 aromatic heterocycles. The number of nitrogens with zero attached hydrogens (tertiary/aromatic N) is 1. The van der Waals surface area contributed by atoms with Crippen LogP contribution in [0.15, 0.2) is 23.2 Å². The zero-order valence-electron chi connectivity index (χ0n) is 9.26. The largest absolute Gasteiger partial charge is 0.387 e. The van der Waals surface area contributed by atoms with Gasteiger partial charge in [0.05, 0.1) is 5.84 Å². The van der Waals surface area contributed by atoms with Gasteiger partial charge in [0.1, 0.15) is 5.82 Å². The van der Waals surface area contributed by atoms with Crippen LogP contribution in [0.2, 0.25) is 0 Å². The maximum Gasteiger partial charge on any atom is 0.123 e. The summed E-state index contributed by atoms with van der Waals surface area (Å²) in [7, 11) is 0. The molecule has 82 valence electrons. The maximum absolute atomic E-state index is 12.8. The van der Waals surface area contributed by atoms with Gasteiger partial charge in [-0.3, -0.25) is 4.99 Å². The number of benzene rings is 1. The van der Waals surface area contributed by atoms with Crippen molar-refractivity contribution in [2.45, 2.75) is 26.7 Å². The molecule has 1 rings (SSSR count). The first kappa shape index (κ1) is 11.7. The fourth-order valence-corrected chi connectivity index (χ4v) is 1.37. The minimum Gasteiger partial charge on any atom is -0.387 e. The molecule has 15 heavy (non-hydrogen) atoms. The lowest BCUT2D eigenvalue weighted by molar-refractivity contribution is 0.625. The molecule has 0 atom stereocenters. The highest BCUT2D eigenvalue weighted by Gasteiger charge is 1.99. The molecule has 0 amide bonds. The van der Waals surface area contributed by atoms with Crippen molar-refractivity contribution in [2.24, 2.45) is 10.7 Å². The molecule has 0 saturated heterocycles. The number of nitrogens with two attached hydrogens (primary N) is 1. The van der Waals surface area contributed by atoms with Crippen LogP contribution >= 0.6 is 0 Å². The molecule has 1 aromatic rings. The number of halogens is 1. The fourth-order valence-electron chi connectivity index (χ4n) is 1.37. The van der Waals surface area contributed by atoms with E-state index in [2.05, 4.69) is 4.99 Å². The lowest BCUT2D eigenvalue weighted by Gasteiger charge is -2.04. The molecule has 2 nitrogen and oxygen atoms in total. The van der Waals surface area contributed by atoms with Gasteiger partial charge in [-0.15, -0.1) is 0 Å². The average molecular weight is 208 g/mol. The van der Waals surface area contributed by atoms with Crippen LogP contribution in [-0.4, -0.2) is 12.4 Å². The molecule has 3 heteroatoms. The summed E-state index contributed by atoms with van der Waals surface area (Å²) in [6.07, 6.45) is 1.59. The van der Waals surface area contributed by atoms with Crippen LogP contribution < -0.4 is 5.73 Å². The Bertz CT molecular complexity index is 359. The Kier molecular flexibility index (Phi) is 4.28. The predicted molar refractivity (Wildman–Crippen MR) is 61.6 cm³/mol. The van der Waals surface area contributed by atoms with E-state index in [9.17, 15) is 4.39 Å². The van der Waals surface area contributed by atoms with Crippen molar-refractivity contribution in [1.29, 1.82) is 0 Å².